The van der Waals surface area contributed by atoms with Crippen molar-refractivity contribution in [3.63, 3.8) is 0 Å². The molecule has 0 fully saturated rings. The van der Waals surface area contributed by atoms with E-state index in [0.717, 1.165) is 12.8 Å². The van der Waals surface area contributed by atoms with Crippen molar-refractivity contribution in [3.05, 3.63) is 42.3 Å². The number of rotatable bonds is 2. The first-order chi connectivity index (χ1) is 4.86. The molecule has 0 amide bonds. The van der Waals surface area contributed by atoms with Crippen molar-refractivity contribution in [1.82, 2.24) is 0 Å². The summed E-state index contributed by atoms with van der Waals surface area (Å²) >= 11 is 0. The van der Waals surface area contributed by atoms with E-state index >= 15 is 0 Å². The summed E-state index contributed by atoms with van der Waals surface area (Å²) in [6, 6.07) is 8.58. The van der Waals surface area contributed by atoms with Gasteiger partial charge in [-0.25, -0.2) is 0 Å². The molecule has 0 spiro atoms. The van der Waals surface area contributed by atoms with E-state index in [1.54, 1.807) is 0 Å². The second-order valence-corrected chi connectivity index (χ2v) is 2.42. The van der Waals surface area contributed by atoms with Gasteiger partial charge in [-0.2, -0.15) is 6.42 Å². The van der Waals surface area contributed by atoms with Crippen molar-refractivity contribution in [3.8, 4) is 0 Å². The molecule has 0 heterocycles. The minimum atomic E-state index is 0. The van der Waals surface area contributed by atoms with Gasteiger partial charge in [0.15, 0.2) is 0 Å². The van der Waals surface area contributed by atoms with E-state index in [1.807, 2.05) is 0 Å². The molecule has 62 valence electrons. The normalized spacial score (nSPS) is 8.17. The maximum absolute atomic E-state index is 3.83. The molecule has 0 saturated heterocycles. The quantitative estimate of drug-likeness (QED) is 0.469. The maximum atomic E-state index is 3.83. The summed E-state index contributed by atoms with van der Waals surface area (Å²) in [4.78, 5) is 0. The van der Waals surface area contributed by atoms with Crippen LogP contribution in [-0.4, -0.2) is 23.1 Å². The van der Waals surface area contributed by atoms with Crippen LogP contribution in [0.25, 0.3) is 0 Å². The molecule has 0 saturated carbocycles. The fraction of sp³-hybridized carbons (Fsp3) is 0.300. The van der Waals surface area contributed by atoms with Crippen LogP contribution in [0.3, 0.4) is 0 Å². The summed E-state index contributed by atoms with van der Waals surface area (Å²) in [5.41, 5.74) is 2.74. The predicted molar refractivity (Wildman–Crippen MR) is 50.6 cm³/mol. The summed E-state index contributed by atoms with van der Waals surface area (Å²) in [6.45, 7) is 6.00. The van der Waals surface area contributed by atoms with Gasteiger partial charge < -0.3 is 23.9 Å². The molecule has 0 nitrogen and oxygen atoms in total. The van der Waals surface area contributed by atoms with Gasteiger partial charge in [0, 0.05) is 0 Å². The van der Waals surface area contributed by atoms with Gasteiger partial charge in [-0.05, 0) is 12.0 Å². The molecule has 2 heteroatoms. The zero-order valence-corrected chi connectivity index (χ0v) is 10.5. The summed E-state index contributed by atoms with van der Waals surface area (Å²) in [5.74, 6) is 0. The Bertz CT molecular complexity index is 191. The maximum Gasteiger partial charge on any atom is 2.00 e. The Morgan fingerprint density at radius 1 is 1.25 bits per heavy atom. The Kier molecular flexibility index (Phi) is 10.1. The molecule has 0 aromatic heterocycles. The van der Waals surface area contributed by atoms with E-state index in [1.165, 1.54) is 11.1 Å². The molecule has 1 aromatic carbocycles. The summed E-state index contributed by atoms with van der Waals surface area (Å²) < 4.78 is 0. The second kappa shape index (κ2) is 8.08. The number of benzene rings is 1. The van der Waals surface area contributed by atoms with Gasteiger partial charge in [0.2, 0.25) is 0 Å². The van der Waals surface area contributed by atoms with Crippen LogP contribution in [0.5, 0.6) is 0 Å². The van der Waals surface area contributed by atoms with E-state index in [0.29, 0.717) is 0 Å². The molecule has 0 aliphatic carbocycles. The molecule has 0 aliphatic rings. The smallest absolute Gasteiger partial charge is 1.00 e. The minimum Gasteiger partial charge on any atom is -1.00 e. The summed E-state index contributed by atoms with van der Waals surface area (Å²) in [6.07, 6.45) is 2.02. The monoisotopic (exact) mass is 236 g/mol. The van der Waals surface area contributed by atoms with Crippen molar-refractivity contribution in [2.75, 3.05) is 0 Å². The number of aryl methyl sites for hydroxylation is 1. The van der Waals surface area contributed by atoms with Gasteiger partial charge in [0.25, 0.3) is 0 Å². The van der Waals surface area contributed by atoms with E-state index in [2.05, 4.69) is 38.1 Å². The van der Waals surface area contributed by atoms with Crippen LogP contribution in [0.1, 0.15) is 18.1 Å². The zero-order valence-electron chi connectivity index (χ0n) is 7.52. The first-order valence-corrected chi connectivity index (χ1v) is 3.74. The third-order valence-corrected chi connectivity index (χ3v) is 1.69. The third-order valence-electron chi connectivity index (χ3n) is 1.69. The third kappa shape index (κ3) is 4.48. The van der Waals surface area contributed by atoms with Crippen molar-refractivity contribution in [2.45, 2.75) is 19.8 Å². The van der Waals surface area contributed by atoms with Crippen LogP contribution in [0, 0.1) is 6.92 Å². The standard InChI is InChI=1S/C10H13.BrH.Mg/c1-3-9-6-5-7-10(4-2)8-9;;/h5-8H,1,3-4H2,2H3;1H;/q-1;;+2/p-1. The Morgan fingerprint density at radius 2 is 1.83 bits per heavy atom. The van der Waals surface area contributed by atoms with Gasteiger partial charge >= 0.3 is 23.1 Å². The fourth-order valence-electron chi connectivity index (χ4n) is 1.01. The van der Waals surface area contributed by atoms with Gasteiger partial charge in [-0.1, -0.05) is 36.8 Å². The Hall–Kier alpha value is 0.466. The largest absolute Gasteiger partial charge is 2.00 e. The van der Waals surface area contributed by atoms with Crippen LogP contribution in [-0.2, 0) is 12.8 Å². The molecule has 0 radical (unpaired) electrons. The van der Waals surface area contributed by atoms with E-state index in [4.69, 9.17) is 0 Å². The SMILES string of the molecule is [Br-].[CH2-]Cc1cccc(CC)c1.[Mg+2]. The predicted octanol–water partition coefficient (Wildman–Crippen LogP) is -0.751. The molecule has 0 aliphatic heterocycles. The zero-order chi connectivity index (χ0) is 7.40. The summed E-state index contributed by atoms with van der Waals surface area (Å²) in [7, 11) is 0. The Morgan fingerprint density at radius 3 is 2.33 bits per heavy atom. The first kappa shape index (κ1) is 15.0. The van der Waals surface area contributed by atoms with Gasteiger partial charge in [0.1, 0.15) is 0 Å². The van der Waals surface area contributed by atoms with Crippen LogP contribution in [0.4, 0.5) is 0 Å². The molecule has 0 unspecified atom stereocenters. The minimum absolute atomic E-state index is 0. The van der Waals surface area contributed by atoms with Gasteiger partial charge in [-0.3, -0.25) is 0 Å². The van der Waals surface area contributed by atoms with E-state index in [-0.39, 0.29) is 40.0 Å². The number of hydrogen-bond donors (Lipinski definition) is 0. The van der Waals surface area contributed by atoms with Gasteiger partial charge in [-0.15, -0.1) is 0 Å². The molecular formula is C10H13BrMg. The van der Waals surface area contributed by atoms with Crippen molar-refractivity contribution in [1.29, 1.82) is 0 Å². The molecule has 0 atom stereocenters. The fourth-order valence-corrected chi connectivity index (χ4v) is 1.01. The van der Waals surface area contributed by atoms with E-state index in [9.17, 15) is 0 Å². The average Bonchev–Trinajstić information content (AvgIpc) is 2.05. The Labute approximate surface area is 102 Å². The molecular weight excluding hydrogens is 224 g/mol. The van der Waals surface area contributed by atoms with Crippen LogP contribution in [0.2, 0.25) is 0 Å². The van der Waals surface area contributed by atoms with Crippen LogP contribution in [0.15, 0.2) is 24.3 Å². The van der Waals surface area contributed by atoms with Crippen LogP contribution < -0.4 is 17.0 Å². The number of halogens is 1. The molecule has 12 heavy (non-hydrogen) atoms. The van der Waals surface area contributed by atoms with Crippen molar-refractivity contribution >= 4 is 23.1 Å². The van der Waals surface area contributed by atoms with Crippen molar-refractivity contribution < 1.29 is 17.0 Å². The summed E-state index contributed by atoms with van der Waals surface area (Å²) in [5, 5.41) is 0. The molecule has 1 rings (SSSR count). The molecule has 0 bridgehead atoms. The molecule has 1 aromatic rings. The average molecular weight is 237 g/mol. The van der Waals surface area contributed by atoms with E-state index < -0.39 is 0 Å². The van der Waals surface area contributed by atoms with Crippen molar-refractivity contribution in [2.24, 2.45) is 0 Å². The van der Waals surface area contributed by atoms with Gasteiger partial charge in [0.05, 0.1) is 0 Å². The van der Waals surface area contributed by atoms with Crippen LogP contribution >= 0.6 is 0 Å². The topological polar surface area (TPSA) is 0 Å². The second-order valence-electron chi connectivity index (χ2n) is 2.42. The number of hydrogen-bond acceptors (Lipinski definition) is 0. The Balaban J connectivity index is 0. The first-order valence-electron chi connectivity index (χ1n) is 3.74. The molecule has 0 N–H and O–H groups in total.